The summed E-state index contributed by atoms with van der Waals surface area (Å²) in [6, 6.07) is 23.3. The van der Waals surface area contributed by atoms with E-state index in [1.807, 2.05) is 36.4 Å². The summed E-state index contributed by atoms with van der Waals surface area (Å²) in [6.45, 7) is 0.386. The van der Waals surface area contributed by atoms with Crippen molar-refractivity contribution in [3.63, 3.8) is 0 Å². The molecule has 0 saturated heterocycles. The molecular formula is C20H17NO3. The minimum atomic E-state index is -0.288. The van der Waals surface area contributed by atoms with E-state index in [1.165, 1.54) is 6.07 Å². The van der Waals surface area contributed by atoms with Gasteiger partial charge in [-0.25, -0.2) is 0 Å². The lowest BCUT2D eigenvalue weighted by molar-refractivity contribution is 0.102. The second-order valence-electron chi connectivity index (χ2n) is 5.27. The standard InChI is InChI=1S/C20H17NO3/c22-17-10-6-9-16(13-17)21-20(23)18-11-4-5-12-19(18)24-14-15-7-2-1-3-8-15/h1-13,22H,14H2,(H,21,23). The van der Waals surface area contributed by atoms with Crippen molar-refractivity contribution in [3.05, 3.63) is 90.0 Å². The van der Waals surface area contributed by atoms with E-state index in [4.69, 9.17) is 4.74 Å². The van der Waals surface area contributed by atoms with Gasteiger partial charge in [0.1, 0.15) is 18.1 Å². The first-order valence-corrected chi connectivity index (χ1v) is 7.58. The second kappa shape index (κ2) is 7.33. The van der Waals surface area contributed by atoms with E-state index >= 15 is 0 Å². The fraction of sp³-hybridized carbons (Fsp3) is 0.0500. The van der Waals surface area contributed by atoms with Gasteiger partial charge in [0.05, 0.1) is 5.56 Å². The SMILES string of the molecule is O=C(Nc1cccc(O)c1)c1ccccc1OCc1ccccc1. The minimum absolute atomic E-state index is 0.0985. The fourth-order valence-electron chi connectivity index (χ4n) is 2.30. The quantitative estimate of drug-likeness (QED) is 0.740. The molecule has 0 aromatic heterocycles. The number of anilines is 1. The van der Waals surface area contributed by atoms with E-state index in [0.717, 1.165) is 5.56 Å². The van der Waals surface area contributed by atoms with Crippen molar-refractivity contribution in [1.82, 2.24) is 0 Å². The van der Waals surface area contributed by atoms with E-state index in [9.17, 15) is 9.90 Å². The molecule has 3 aromatic rings. The summed E-state index contributed by atoms with van der Waals surface area (Å²) in [6.07, 6.45) is 0. The zero-order chi connectivity index (χ0) is 16.8. The summed E-state index contributed by atoms with van der Waals surface area (Å²) in [5.41, 5.74) is 2.00. The monoisotopic (exact) mass is 319 g/mol. The van der Waals surface area contributed by atoms with Crippen LogP contribution in [0.25, 0.3) is 0 Å². The highest BCUT2D eigenvalue weighted by atomic mass is 16.5. The predicted octanol–water partition coefficient (Wildman–Crippen LogP) is 4.22. The molecule has 0 unspecified atom stereocenters. The summed E-state index contributed by atoms with van der Waals surface area (Å²) in [5, 5.41) is 12.2. The highest BCUT2D eigenvalue weighted by Gasteiger charge is 2.12. The molecule has 0 atom stereocenters. The van der Waals surface area contributed by atoms with Crippen molar-refractivity contribution in [2.24, 2.45) is 0 Å². The highest BCUT2D eigenvalue weighted by molar-refractivity contribution is 6.06. The van der Waals surface area contributed by atoms with Gasteiger partial charge < -0.3 is 15.2 Å². The van der Waals surface area contributed by atoms with Gasteiger partial charge in [0.15, 0.2) is 0 Å². The van der Waals surface area contributed by atoms with Gasteiger partial charge in [-0.2, -0.15) is 0 Å². The Kier molecular flexibility index (Phi) is 4.77. The molecule has 0 heterocycles. The number of phenolic OH excluding ortho intramolecular Hbond substituents is 1. The number of hydrogen-bond acceptors (Lipinski definition) is 3. The van der Waals surface area contributed by atoms with Gasteiger partial charge in [0, 0.05) is 11.8 Å². The van der Waals surface area contributed by atoms with Crippen LogP contribution in [0.5, 0.6) is 11.5 Å². The smallest absolute Gasteiger partial charge is 0.259 e. The van der Waals surface area contributed by atoms with Gasteiger partial charge >= 0.3 is 0 Å². The number of amides is 1. The lowest BCUT2D eigenvalue weighted by Gasteiger charge is -2.12. The third-order valence-corrected chi connectivity index (χ3v) is 3.47. The number of nitrogens with one attached hydrogen (secondary N) is 1. The van der Waals surface area contributed by atoms with Crippen LogP contribution in [0.3, 0.4) is 0 Å². The summed E-state index contributed by atoms with van der Waals surface area (Å²) in [4.78, 5) is 12.5. The van der Waals surface area contributed by atoms with E-state index in [0.29, 0.717) is 23.6 Å². The number of para-hydroxylation sites is 1. The van der Waals surface area contributed by atoms with E-state index in [1.54, 1.807) is 36.4 Å². The predicted molar refractivity (Wildman–Crippen MR) is 93.3 cm³/mol. The molecule has 4 nitrogen and oxygen atoms in total. The average Bonchev–Trinajstić information content (AvgIpc) is 2.61. The number of hydrogen-bond donors (Lipinski definition) is 2. The van der Waals surface area contributed by atoms with E-state index in [2.05, 4.69) is 5.32 Å². The molecule has 0 radical (unpaired) electrons. The number of ether oxygens (including phenoxy) is 1. The number of aromatic hydroxyl groups is 1. The first-order chi connectivity index (χ1) is 11.7. The molecule has 24 heavy (non-hydrogen) atoms. The van der Waals surface area contributed by atoms with Crippen LogP contribution in [-0.2, 0) is 6.61 Å². The maximum absolute atomic E-state index is 12.5. The zero-order valence-electron chi connectivity index (χ0n) is 13.0. The van der Waals surface area contributed by atoms with Gasteiger partial charge in [-0.05, 0) is 29.8 Å². The molecule has 0 fully saturated rings. The fourth-order valence-corrected chi connectivity index (χ4v) is 2.30. The Labute approximate surface area is 140 Å². The summed E-state index contributed by atoms with van der Waals surface area (Å²) in [5.74, 6) is 0.324. The average molecular weight is 319 g/mol. The van der Waals surface area contributed by atoms with E-state index < -0.39 is 0 Å². The van der Waals surface area contributed by atoms with Crippen LogP contribution in [-0.4, -0.2) is 11.0 Å². The molecule has 2 N–H and O–H groups in total. The molecule has 3 aromatic carbocycles. The van der Waals surface area contributed by atoms with Gasteiger partial charge in [0.25, 0.3) is 5.91 Å². The first-order valence-electron chi connectivity index (χ1n) is 7.58. The van der Waals surface area contributed by atoms with Crippen LogP contribution in [0.1, 0.15) is 15.9 Å². The third kappa shape index (κ3) is 3.93. The maximum Gasteiger partial charge on any atom is 0.259 e. The molecule has 1 amide bonds. The molecule has 3 rings (SSSR count). The van der Waals surface area contributed by atoms with Crippen LogP contribution in [0, 0.1) is 0 Å². The molecule has 4 heteroatoms. The Morgan fingerprint density at radius 3 is 2.46 bits per heavy atom. The normalized spacial score (nSPS) is 10.2. The minimum Gasteiger partial charge on any atom is -0.508 e. The topological polar surface area (TPSA) is 58.6 Å². The lowest BCUT2D eigenvalue weighted by Crippen LogP contribution is -2.13. The molecule has 0 spiro atoms. The maximum atomic E-state index is 12.5. The van der Waals surface area contributed by atoms with Crippen LogP contribution in [0.4, 0.5) is 5.69 Å². The number of benzene rings is 3. The molecular weight excluding hydrogens is 302 g/mol. The largest absolute Gasteiger partial charge is 0.508 e. The van der Waals surface area contributed by atoms with Gasteiger partial charge in [-0.1, -0.05) is 48.5 Å². The van der Waals surface area contributed by atoms with Crippen molar-refractivity contribution in [2.75, 3.05) is 5.32 Å². The number of phenols is 1. The Morgan fingerprint density at radius 1 is 0.917 bits per heavy atom. The second-order valence-corrected chi connectivity index (χ2v) is 5.27. The van der Waals surface area contributed by atoms with Crippen molar-refractivity contribution in [2.45, 2.75) is 6.61 Å². The molecule has 0 aliphatic rings. The van der Waals surface area contributed by atoms with Gasteiger partial charge in [-0.3, -0.25) is 4.79 Å². The van der Waals surface area contributed by atoms with Crippen molar-refractivity contribution in [1.29, 1.82) is 0 Å². The summed E-state index contributed by atoms with van der Waals surface area (Å²) in [7, 11) is 0. The zero-order valence-corrected chi connectivity index (χ0v) is 13.0. The van der Waals surface area contributed by atoms with Crippen LogP contribution < -0.4 is 10.1 Å². The molecule has 0 aliphatic heterocycles. The Morgan fingerprint density at radius 2 is 1.67 bits per heavy atom. The van der Waals surface area contributed by atoms with Crippen LogP contribution in [0.15, 0.2) is 78.9 Å². The Balaban J connectivity index is 1.74. The Hall–Kier alpha value is -3.27. The summed E-state index contributed by atoms with van der Waals surface area (Å²) < 4.78 is 5.80. The van der Waals surface area contributed by atoms with Crippen molar-refractivity contribution in [3.8, 4) is 11.5 Å². The molecule has 120 valence electrons. The number of carbonyl (C=O) groups excluding carboxylic acids is 1. The molecule has 0 aliphatic carbocycles. The Bertz CT molecular complexity index is 831. The van der Waals surface area contributed by atoms with Crippen LogP contribution >= 0.6 is 0 Å². The molecule has 0 bridgehead atoms. The lowest BCUT2D eigenvalue weighted by atomic mass is 10.1. The summed E-state index contributed by atoms with van der Waals surface area (Å²) >= 11 is 0. The third-order valence-electron chi connectivity index (χ3n) is 3.47. The van der Waals surface area contributed by atoms with E-state index in [-0.39, 0.29) is 11.7 Å². The van der Waals surface area contributed by atoms with Crippen molar-refractivity contribution >= 4 is 11.6 Å². The highest BCUT2D eigenvalue weighted by Crippen LogP contribution is 2.22. The van der Waals surface area contributed by atoms with Gasteiger partial charge in [-0.15, -0.1) is 0 Å². The van der Waals surface area contributed by atoms with Crippen molar-refractivity contribution < 1.29 is 14.6 Å². The number of rotatable bonds is 5. The van der Waals surface area contributed by atoms with Gasteiger partial charge in [0.2, 0.25) is 0 Å². The van der Waals surface area contributed by atoms with Crippen LogP contribution in [0.2, 0.25) is 0 Å². The molecule has 0 saturated carbocycles. The number of carbonyl (C=O) groups is 1. The first kappa shape index (κ1) is 15.6.